The minimum atomic E-state index is 0.198. The van der Waals surface area contributed by atoms with E-state index in [9.17, 15) is 0 Å². The molecule has 4 rings (SSSR count). The van der Waals surface area contributed by atoms with Gasteiger partial charge in [-0.3, -0.25) is 0 Å². The number of hydrogen-bond acceptors (Lipinski definition) is 3. The molecule has 5 nitrogen and oxygen atoms in total. The van der Waals surface area contributed by atoms with Gasteiger partial charge in [-0.15, -0.1) is 11.6 Å². The van der Waals surface area contributed by atoms with Crippen molar-refractivity contribution in [3.63, 3.8) is 0 Å². The Morgan fingerprint density at radius 3 is 2.65 bits per heavy atom. The first kappa shape index (κ1) is 16.3. The summed E-state index contributed by atoms with van der Waals surface area (Å²) in [6.45, 7) is 0. The van der Waals surface area contributed by atoms with Crippen molar-refractivity contribution >= 4 is 28.8 Å². The molecule has 2 heterocycles. The Bertz CT molecular complexity index is 1090. The van der Waals surface area contributed by atoms with E-state index in [1.807, 2.05) is 59.2 Å². The summed E-state index contributed by atoms with van der Waals surface area (Å²) < 4.78 is 1.84. The zero-order chi connectivity index (χ0) is 17.9. The average molecular weight is 362 g/mol. The van der Waals surface area contributed by atoms with Gasteiger partial charge in [0.05, 0.1) is 23.5 Å². The van der Waals surface area contributed by atoms with Crippen LogP contribution in [0.4, 0.5) is 5.69 Å². The van der Waals surface area contributed by atoms with Crippen LogP contribution in [-0.4, -0.2) is 26.3 Å². The fourth-order valence-electron chi connectivity index (χ4n) is 2.86. The first-order valence-electron chi connectivity index (χ1n) is 8.14. The minimum absolute atomic E-state index is 0.198. The molecule has 6 heteroatoms. The molecule has 0 unspecified atom stereocenters. The quantitative estimate of drug-likeness (QED) is 0.335. The number of hydrogen-bond donors (Lipinski definition) is 1. The number of nitrogens with two attached hydrogens (primary N) is 1. The van der Waals surface area contributed by atoms with Crippen LogP contribution in [0.5, 0.6) is 0 Å². The van der Waals surface area contributed by atoms with Gasteiger partial charge in [0.15, 0.2) is 5.65 Å². The molecule has 0 amide bonds. The first-order chi connectivity index (χ1) is 12.8. The van der Waals surface area contributed by atoms with Crippen molar-refractivity contribution in [3.05, 3.63) is 73.1 Å². The summed E-state index contributed by atoms with van der Waals surface area (Å²) in [7, 11) is 0. The second-order valence-corrected chi connectivity index (χ2v) is 6.04. The van der Waals surface area contributed by atoms with Gasteiger partial charge in [-0.1, -0.05) is 42.5 Å². The molecule has 2 aromatic heterocycles. The van der Waals surface area contributed by atoms with Crippen molar-refractivity contribution in [3.8, 4) is 22.4 Å². The van der Waals surface area contributed by atoms with E-state index in [4.69, 9.17) is 17.3 Å². The fourth-order valence-corrected chi connectivity index (χ4v) is 2.92. The number of rotatable bonds is 4. The first-order valence-corrected chi connectivity index (χ1v) is 8.67. The molecule has 0 fully saturated rings. The van der Waals surface area contributed by atoms with E-state index in [0.717, 1.165) is 33.7 Å². The lowest BCUT2D eigenvalue weighted by atomic mass is 10.1. The lowest BCUT2D eigenvalue weighted by molar-refractivity contribution is 0.948. The minimum Gasteiger partial charge on any atom is -0.386 e. The van der Waals surface area contributed by atoms with Gasteiger partial charge in [0.2, 0.25) is 0 Å². The molecule has 128 valence electrons. The molecule has 0 aliphatic carbocycles. The summed E-state index contributed by atoms with van der Waals surface area (Å²) in [4.78, 5) is 8.84. The third kappa shape index (κ3) is 3.05. The highest BCUT2D eigenvalue weighted by Gasteiger charge is 2.11. The molecule has 0 saturated carbocycles. The van der Waals surface area contributed by atoms with Crippen molar-refractivity contribution in [2.45, 2.75) is 0 Å². The second-order valence-electron chi connectivity index (χ2n) is 5.78. The van der Waals surface area contributed by atoms with E-state index < -0.39 is 0 Å². The number of alkyl halides is 1. The van der Waals surface area contributed by atoms with Crippen LogP contribution in [0, 0.1) is 0 Å². The van der Waals surface area contributed by atoms with E-state index in [0.29, 0.717) is 5.84 Å². The largest absolute Gasteiger partial charge is 0.386 e. The van der Waals surface area contributed by atoms with Gasteiger partial charge in [-0.25, -0.2) is 14.5 Å². The van der Waals surface area contributed by atoms with Gasteiger partial charge in [0, 0.05) is 17.3 Å². The van der Waals surface area contributed by atoms with Crippen LogP contribution >= 0.6 is 11.6 Å². The second kappa shape index (κ2) is 6.98. The predicted molar refractivity (Wildman–Crippen MR) is 106 cm³/mol. The number of benzene rings is 2. The van der Waals surface area contributed by atoms with Crippen LogP contribution in [0.25, 0.3) is 28.0 Å². The van der Waals surface area contributed by atoms with E-state index in [-0.39, 0.29) is 5.88 Å². The van der Waals surface area contributed by atoms with Crippen molar-refractivity contribution in [2.75, 3.05) is 5.88 Å². The van der Waals surface area contributed by atoms with Crippen LogP contribution < -0.4 is 5.73 Å². The maximum atomic E-state index is 5.74. The summed E-state index contributed by atoms with van der Waals surface area (Å²) in [5, 5.41) is 4.55. The van der Waals surface area contributed by atoms with Crippen molar-refractivity contribution in [2.24, 2.45) is 10.7 Å². The van der Waals surface area contributed by atoms with Gasteiger partial charge in [0.1, 0.15) is 5.84 Å². The van der Waals surface area contributed by atoms with E-state index in [2.05, 4.69) is 27.2 Å². The summed E-state index contributed by atoms with van der Waals surface area (Å²) in [5.74, 6) is 0.581. The Balaban J connectivity index is 1.84. The molecule has 0 saturated heterocycles. The Kier molecular flexibility index (Phi) is 4.37. The lowest BCUT2D eigenvalue weighted by Crippen LogP contribution is -2.12. The normalized spacial score (nSPS) is 11.8. The number of amidine groups is 1. The van der Waals surface area contributed by atoms with Gasteiger partial charge in [-0.2, -0.15) is 5.10 Å². The topological polar surface area (TPSA) is 68.6 Å². The summed E-state index contributed by atoms with van der Waals surface area (Å²) in [5.41, 5.74) is 11.3. The average Bonchev–Trinajstić information content (AvgIpc) is 3.13. The molecule has 0 spiro atoms. The highest BCUT2D eigenvalue weighted by atomic mass is 35.5. The molecular weight excluding hydrogens is 346 g/mol. The van der Waals surface area contributed by atoms with Crippen LogP contribution in [0.1, 0.15) is 0 Å². The highest BCUT2D eigenvalue weighted by molar-refractivity contribution is 6.28. The SMILES string of the molecule is NC(CCl)=Nc1cccc(-c2ccnc3c(-c4ccccc4)cnn23)c1. The predicted octanol–water partition coefficient (Wildman–Crippen LogP) is 4.29. The molecule has 0 bridgehead atoms. The number of nitrogens with zero attached hydrogens (tertiary/aromatic N) is 4. The van der Waals surface area contributed by atoms with Crippen LogP contribution in [0.3, 0.4) is 0 Å². The van der Waals surface area contributed by atoms with Gasteiger partial charge < -0.3 is 5.73 Å². The molecular formula is C20H16ClN5. The van der Waals surface area contributed by atoms with Crippen molar-refractivity contribution < 1.29 is 0 Å². The van der Waals surface area contributed by atoms with Gasteiger partial charge >= 0.3 is 0 Å². The number of aliphatic imine (C=N–C) groups is 1. The van der Waals surface area contributed by atoms with Crippen molar-refractivity contribution in [1.82, 2.24) is 14.6 Å². The van der Waals surface area contributed by atoms with E-state index in [1.54, 1.807) is 6.20 Å². The van der Waals surface area contributed by atoms with Crippen molar-refractivity contribution in [1.29, 1.82) is 0 Å². The Labute approximate surface area is 155 Å². The van der Waals surface area contributed by atoms with Gasteiger partial charge in [0.25, 0.3) is 0 Å². The Hall–Kier alpha value is -3.18. The Morgan fingerprint density at radius 1 is 1.04 bits per heavy atom. The molecule has 2 N–H and O–H groups in total. The maximum absolute atomic E-state index is 5.74. The molecule has 0 aliphatic heterocycles. The zero-order valence-corrected chi connectivity index (χ0v) is 14.6. The molecule has 0 radical (unpaired) electrons. The van der Waals surface area contributed by atoms with Crippen LogP contribution in [-0.2, 0) is 0 Å². The number of aromatic nitrogens is 3. The summed E-state index contributed by atoms with van der Waals surface area (Å²) >= 11 is 5.72. The Morgan fingerprint density at radius 2 is 1.85 bits per heavy atom. The number of halogens is 1. The number of fused-ring (bicyclic) bond motifs is 1. The monoisotopic (exact) mass is 361 g/mol. The third-order valence-electron chi connectivity index (χ3n) is 4.04. The molecule has 26 heavy (non-hydrogen) atoms. The van der Waals surface area contributed by atoms with Crippen LogP contribution in [0.15, 0.2) is 78.0 Å². The van der Waals surface area contributed by atoms with Gasteiger partial charge in [-0.05, 0) is 23.8 Å². The fraction of sp³-hybridized carbons (Fsp3) is 0.0500. The zero-order valence-electron chi connectivity index (χ0n) is 13.9. The smallest absolute Gasteiger partial charge is 0.163 e. The molecule has 2 aromatic carbocycles. The highest BCUT2D eigenvalue weighted by Crippen LogP contribution is 2.28. The molecule has 0 atom stereocenters. The van der Waals surface area contributed by atoms with E-state index in [1.165, 1.54) is 0 Å². The maximum Gasteiger partial charge on any atom is 0.163 e. The molecule has 0 aliphatic rings. The van der Waals surface area contributed by atoms with E-state index >= 15 is 0 Å². The third-order valence-corrected chi connectivity index (χ3v) is 4.31. The standard InChI is InChI=1S/C20H16ClN5/c21-12-19(22)25-16-8-4-7-15(11-16)18-9-10-23-20-17(13-24-26(18)20)14-5-2-1-3-6-14/h1-11,13H,12H2,(H2,22,25). The summed E-state index contributed by atoms with van der Waals surface area (Å²) in [6.07, 6.45) is 3.64. The molecule has 4 aromatic rings. The summed E-state index contributed by atoms with van der Waals surface area (Å²) in [6, 6.07) is 19.8. The lowest BCUT2D eigenvalue weighted by Gasteiger charge is -2.06. The van der Waals surface area contributed by atoms with Crippen LogP contribution in [0.2, 0.25) is 0 Å².